The molecule has 1 fully saturated rings. The molecule has 1 aliphatic rings. The summed E-state index contributed by atoms with van der Waals surface area (Å²) in [5, 5.41) is 9.80. The molecule has 0 radical (unpaired) electrons. The molecule has 0 atom stereocenters. The lowest BCUT2D eigenvalue weighted by molar-refractivity contribution is -0.158. The van der Waals surface area contributed by atoms with Crippen LogP contribution in [0, 0.1) is 11.2 Å². The van der Waals surface area contributed by atoms with Gasteiger partial charge in [-0.2, -0.15) is 5.10 Å². The van der Waals surface area contributed by atoms with Gasteiger partial charge in [0.25, 0.3) is 5.91 Å². The number of benzene rings is 1. The highest BCUT2D eigenvalue weighted by molar-refractivity contribution is 6.31. The number of piperidine rings is 1. The number of anilines is 2. The third kappa shape index (κ3) is 5.04. The Bertz CT molecular complexity index is 1160. The number of ether oxygens (including phenoxy) is 1. The zero-order valence-corrected chi connectivity index (χ0v) is 19.4. The third-order valence-electron chi connectivity index (χ3n) is 5.98. The Morgan fingerprint density at radius 3 is 2.65 bits per heavy atom. The van der Waals surface area contributed by atoms with Gasteiger partial charge in [0, 0.05) is 37.5 Å². The lowest BCUT2D eigenvalue weighted by atomic mass is 9.74. The predicted molar refractivity (Wildman–Crippen MR) is 125 cm³/mol. The first-order valence-corrected chi connectivity index (χ1v) is 11.4. The maximum atomic E-state index is 14.4. The van der Waals surface area contributed by atoms with E-state index in [0.29, 0.717) is 36.6 Å². The lowest BCUT2D eigenvalue weighted by Crippen LogP contribution is -2.48. The lowest BCUT2D eigenvalue weighted by Gasteiger charge is -2.40. The number of esters is 1. The van der Waals surface area contributed by atoms with Crippen LogP contribution in [0.4, 0.5) is 16.0 Å². The molecular weight excluding hydrogens is 461 g/mol. The predicted octanol–water partition coefficient (Wildman–Crippen LogP) is 4.37. The molecule has 0 spiro atoms. The molecule has 0 saturated carbocycles. The molecule has 3 heterocycles. The number of carbonyl (C=O) groups is 2. The average Bonchev–Trinajstić information content (AvgIpc) is 3.34. The van der Waals surface area contributed by atoms with Crippen molar-refractivity contribution in [3.05, 3.63) is 70.8 Å². The Labute approximate surface area is 201 Å². The monoisotopic (exact) mass is 485 g/mol. The van der Waals surface area contributed by atoms with E-state index in [1.807, 2.05) is 18.2 Å². The summed E-state index contributed by atoms with van der Waals surface area (Å²) in [5.74, 6) is -0.261. The number of likely N-dealkylation sites (tertiary alicyclic amines) is 1. The molecule has 1 saturated heterocycles. The molecule has 0 unspecified atom stereocenters. The molecule has 8 nitrogen and oxygen atoms in total. The number of nitrogens with zero attached hydrogens (tertiary/aromatic N) is 3. The Balaban J connectivity index is 1.51. The molecule has 1 aliphatic heterocycles. The van der Waals surface area contributed by atoms with Crippen LogP contribution >= 0.6 is 11.6 Å². The Morgan fingerprint density at radius 1 is 1.18 bits per heavy atom. The van der Waals surface area contributed by atoms with Crippen molar-refractivity contribution in [1.29, 1.82) is 0 Å². The minimum atomic E-state index is -0.836. The van der Waals surface area contributed by atoms with Crippen LogP contribution in [0.5, 0.6) is 0 Å². The van der Waals surface area contributed by atoms with E-state index in [4.69, 9.17) is 16.3 Å². The first kappa shape index (κ1) is 23.7. The van der Waals surface area contributed by atoms with Gasteiger partial charge in [-0.05, 0) is 44.0 Å². The second-order valence-electron chi connectivity index (χ2n) is 8.17. The van der Waals surface area contributed by atoms with Crippen molar-refractivity contribution in [3.63, 3.8) is 0 Å². The van der Waals surface area contributed by atoms with Crippen LogP contribution in [0.15, 0.2) is 48.7 Å². The zero-order chi connectivity index (χ0) is 24.1. The van der Waals surface area contributed by atoms with Gasteiger partial charge in [-0.3, -0.25) is 14.7 Å². The van der Waals surface area contributed by atoms with Crippen LogP contribution in [0.3, 0.4) is 0 Å². The number of pyridine rings is 1. The molecule has 2 N–H and O–H groups in total. The second-order valence-corrected chi connectivity index (χ2v) is 8.58. The number of halogens is 2. The molecule has 0 bridgehead atoms. The van der Waals surface area contributed by atoms with Crippen molar-refractivity contribution < 1.29 is 18.7 Å². The first-order valence-electron chi connectivity index (χ1n) is 11.0. The molecule has 2 aromatic heterocycles. The van der Waals surface area contributed by atoms with E-state index >= 15 is 0 Å². The molecule has 4 rings (SSSR count). The topological polar surface area (TPSA) is 100 Å². The van der Waals surface area contributed by atoms with E-state index in [2.05, 4.69) is 20.5 Å². The summed E-state index contributed by atoms with van der Waals surface area (Å²) in [6.07, 6.45) is 2.80. The first-order chi connectivity index (χ1) is 16.4. The van der Waals surface area contributed by atoms with E-state index in [9.17, 15) is 14.0 Å². The number of aromatic nitrogens is 3. The molecule has 3 aromatic rings. The van der Waals surface area contributed by atoms with Crippen molar-refractivity contribution >= 4 is 35.1 Å². The van der Waals surface area contributed by atoms with E-state index in [-0.39, 0.29) is 36.3 Å². The Hall–Kier alpha value is -3.46. The zero-order valence-electron chi connectivity index (χ0n) is 18.7. The van der Waals surface area contributed by atoms with E-state index in [0.717, 1.165) is 0 Å². The number of carbonyl (C=O) groups excluding carboxylic acids is 2. The van der Waals surface area contributed by atoms with Crippen molar-refractivity contribution in [2.45, 2.75) is 26.2 Å². The standard InChI is InChI=1S/C24H25ClFN5O3/c1-2-34-23(33)24(15-16-5-3-8-19(28-16)29-20-9-12-27-30-20)10-13-31(14-11-24)22(32)17-6-4-7-18(25)21(17)26/h3-9,12H,2,10-11,13-15H2,1H3,(H2,27,28,29,30). The molecule has 1 amide bonds. The van der Waals surface area contributed by atoms with Gasteiger partial charge in [-0.15, -0.1) is 0 Å². The van der Waals surface area contributed by atoms with Gasteiger partial charge in [-0.1, -0.05) is 23.7 Å². The van der Waals surface area contributed by atoms with Crippen LogP contribution in [-0.2, 0) is 16.0 Å². The number of hydrogen-bond acceptors (Lipinski definition) is 6. The number of nitrogens with one attached hydrogen (secondary N) is 2. The van der Waals surface area contributed by atoms with Gasteiger partial charge < -0.3 is 15.0 Å². The van der Waals surface area contributed by atoms with E-state index in [1.54, 1.807) is 30.2 Å². The molecule has 178 valence electrons. The van der Waals surface area contributed by atoms with Crippen LogP contribution in [0.25, 0.3) is 0 Å². The average molecular weight is 486 g/mol. The van der Waals surface area contributed by atoms with Gasteiger partial charge in [-0.25, -0.2) is 9.37 Å². The van der Waals surface area contributed by atoms with Gasteiger partial charge >= 0.3 is 5.97 Å². The molecule has 10 heteroatoms. The summed E-state index contributed by atoms with van der Waals surface area (Å²) >= 11 is 5.84. The molecular formula is C24H25ClFN5O3. The van der Waals surface area contributed by atoms with Gasteiger partial charge in [0.15, 0.2) is 11.6 Å². The quantitative estimate of drug-likeness (QED) is 0.482. The van der Waals surface area contributed by atoms with E-state index in [1.165, 1.54) is 12.1 Å². The molecule has 34 heavy (non-hydrogen) atoms. The minimum absolute atomic E-state index is 0.0741. The van der Waals surface area contributed by atoms with Gasteiger partial charge in [0.1, 0.15) is 5.82 Å². The normalized spacial score (nSPS) is 15.1. The number of aromatic amines is 1. The third-order valence-corrected chi connectivity index (χ3v) is 6.27. The summed E-state index contributed by atoms with van der Waals surface area (Å²) in [6, 6.07) is 11.7. The summed E-state index contributed by atoms with van der Waals surface area (Å²) in [5.41, 5.74) is -0.193. The largest absolute Gasteiger partial charge is 0.466 e. The molecule has 1 aromatic carbocycles. The number of rotatable bonds is 7. The highest BCUT2D eigenvalue weighted by atomic mass is 35.5. The summed E-state index contributed by atoms with van der Waals surface area (Å²) in [6.45, 7) is 2.59. The van der Waals surface area contributed by atoms with Crippen molar-refractivity contribution in [2.75, 3.05) is 25.0 Å². The van der Waals surface area contributed by atoms with Gasteiger partial charge in [0.05, 0.1) is 22.6 Å². The van der Waals surface area contributed by atoms with E-state index < -0.39 is 17.1 Å². The summed E-state index contributed by atoms with van der Waals surface area (Å²) in [7, 11) is 0. The number of H-pyrrole nitrogens is 1. The van der Waals surface area contributed by atoms with Crippen molar-refractivity contribution in [3.8, 4) is 0 Å². The number of hydrogen-bond donors (Lipinski definition) is 2. The fourth-order valence-electron chi connectivity index (χ4n) is 4.17. The maximum Gasteiger partial charge on any atom is 0.312 e. The Kier molecular flexibility index (Phi) is 7.12. The van der Waals surface area contributed by atoms with Gasteiger partial charge in [0.2, 0.25) is 0 Å². The minimum Gasteiger partial charge on any atom is -0.466 e. The fourth-order valence-corrected chi connectivity index (χ4v) is 4.34. The summed E-state index contributed by atoms with van der Waals surface area (Å²) < 4.78 is 19.8. The van der Waals surface area contributed by atoms with Crippen LogP contribution in [0.1, 0.15) is 35.8 Å². The Morgan fingerprint density at radius 2 is 1.94 bits per heavy atom. The van der Waals surface area contributed by atoms with Crippen LogP contribution in [0.2, 0.25) is 5.02 Å². The maximum absolute atomic E-state index is 14.4. The molecule has 0 aliphatic carbocycles. The highest BCUT2D eigenvalue weighted by Crippen LogP contribution is 2.37. The summed E-state index contributed by atoms with van der Waals surface area (Å²) in [4.78, 5) is 32.2. The van der Waals surface area contributed by atoms with Crippen molar-refractivity contribution in [1.82, 2.24) is 20.1 Å². The van der Waals surface area contributed by atoms with Crippen molar-refractivity contribution in [2.24, 2.45) is 5.41 Å². The van der Waals surface area contributed by atoms with Crippen LogP contribution in [-0.4, -0.2) is 51.7 Å². The fraction of sp³-hybridized carbons (Fsp3) is 0.333. The highest BCUT2D eigenvalue weighted by Gasteiger charge is 2.44. The number of amides is 1. The smallest absolute Gasteiger partial charge is 0.312 e. The van der Waals surface area contributed by atoms with Crippen LogP contribution < -0.4 is 5.32 Å². The second kappa shape index (κ2) is 10.2. The SMILES string of the molecule is CCOC(=O)C1(Cc2cccc(Nc3cc[nH]n3)n2)CCN(C(=O)c2cccc(Cl)c2F)CC1.